The highest BCUT2D eigenvalue weighted by Gasteiger charge is 2.27. The third-order valence-corrected chi connectivity index (χ3v) is 8.45. The Morgan fingerprint density at radius 2 is 1.14 bits per heavy atom. The molecular formula is C40H68NO9P. The van der Waals surface area contributed by atoms with Crippen molar-refractivity contribution >= 4 is 19.8 Å². The normalized spacial score (nSPS) is 14.9. The van der Waals surface area contributed by atoms with Gasteiger partial charge in [0, 0.05) is 13.0 Å². The number of aliphatic carboxylic acids is 1. The van der Waals surface area contributed by atoms with E-state index >= 15 is 0 Å². The smallest absolute Gasteiger partial charge is 0.472 e. The van der Waals surface area contributed by atoms with Crippen molar-refractivity contribution in [1.82, 2.24) is 0 Å². The monoisotopic (exact) mass is 737 g/mol. The van der Waals surface area contributed by atoms with Gasteiger partial charge in [0.25, 0.3) is 0 Å². The summed E-state index contributed by atoms with van der Waals surface area (Å²) in [7, 11) is -4.62. The maximum absolute atomic E-state index is 12.4. The second kappa shape index (κ2) is 35.8. The summed E-state index contributed by atoms with van der Waals surface area (Å²) in [6, 6.07) is -1.48. The maximum Gasteiger partial charge on any atom is 0.472 e. The number of esters is 1. The fourth-order valence-electron chi connectivity index (χ4n) is 4.55. The molecule has 10 nitrogen and oxygen atoms in total. The summed E-state index contributed by atoms with van der Waals surface area (Å²) in [6.45, 7) is 3.59. The van der Waals surface area contributed by atoms with E-state index in [1.807, 2.05) is 0 Å². The fourth-order valence-corrected chi connectivity index (χ4v) is 5.32. The fraction of sp³-hybridized carbons (Fsp3) is 0.650. The van der Waals surface area contributed by atoms with Gasteiger partial charge in [-0.3, -0.25) is 18.6 Å². The number of allylic oxidation sites excluding steroid dienone is 12. The van der Waals surface area contributed by atoms with Gasteiger partial charge in [0.05, 0.1) is 19.8 Å². The average molecular weight is 738 g/mol. The Hall–Kier alpha value is -2.59. The van der Waals surface area contributed by atoms with Crippen LogP contribution in [0.2, 0.25) is 0 Å². The summed E-state index contributed by atoms with van der Waals surface area (Å²) >= 11 is 0. The van der Waals surface area contributed by atoms with E-state index in [-0.39, 0.29) is 13.0 Å². The third-order valence-electron chi connectivity index (χ3n) is 7.50. The Kier molecular flexibility index (Phi) is 34.0. The second-order valence-corrected chi connectivity index (χ2v) is 13.8. The molecule has 0 aliphatic rings. The van der Waals surface area contributed by atoms with Gasteiger partial charge in [-0.25, -0.2) is 4.57 Å². The molecule has 4 N–H and O–H groups in total. The molecule has 0 aromatic rings. The predicted octanol–water partition coefficient (Wildman–Crippen LogP) is 9.86. The van der Waals surface area contributed by atoms with Gasteiger partial charge in [0.2, 0.25) is 0 Å². The van der Waals surface area contributed by atoms with Crippen molar-refractivity contribution in [3.8, 4) is 0 Å². The first kappa shape index (κ1) is 48.4. The molecular weight excluding hydrogens is 669 g/mol. The molecule has 0 radical (unpaired) electrons. The van der Waals surface area contributed by atoms with Crippen LogP contribution < -0.4 is 5.73 Å². The van der Waals surface area contributed by atoms with Crippen LogP contribution in [0.15, 0.2) is 72.9 Å². The topological polar surface area (TPSA) is 155 Å². The molecule has 0 aromatic carbocycles. The number of hydrogen-bond acceptors (Lipinski definition) is 8. The first-order chi connectivity index (χ1) is 24.7. The van der Waals surface area contributed by atoms with Gasteiger partial charge >= 0.3 is 19.8 Å². The highest BCUT2D eigenvalue weighted by atomic mass is 31.2. The predicted molar refractivity (Wildman–Crippen MR) is 207 cm³/mol. The lowest BCUT2D eigenvalue weighted by atomic mass is 10.1. The van der Waals surface area contributed by atoms with E-state index in [1.54, 1.807) is 0 Å². The van der Waals surface area contributed by atoms with Crippen molar-refractivity contribution in [3.63, 3.8) is 0 Å². The lowest BCUT2D eigenvalue weighted by Gasteiger charge is -2.20. The van der Waals surface area contributed by atoms with Crippen LogP contribution in [0.4, 0.5) is 0 Å². The summed E-state index contributed by atoms with van der Waals surface area (Å²) in [5.41, 5.74) is 5.32. The second-order valence-electron chi connectivity index (χ2n) is 12.3. The minimum atomic E-state index is -4.62. The van der Waals surface area contributed by atoms with Crippen LogP contribution in [0.5, 0.6) is 0 Å². The Morgan fingerprint density at radius 3 is 1.69 bits per heavy atom. The summed E-state index contributed by atoms with van der Waals surface area (Å²) in [5, 5.41) is 8.84. The molecule has 3 unspecified atom stereocenters. The van der Waals surface area contributed by atoms with E-state index in [4.69, 9.17) is 24.8 Å². The molecule has 292 valence electrons. The van der Waals surface area contributed by atoms with E-state index in [1.165, 1.54) is 19.3 Å². The molecule has 0 bridgehead atoms. The van der Waals surface area contributed by atoms with Crippen molar-refractivity contribution in [3.05, 3.63) is 72.9 Å². The largest absolute Gasteiger partial charge is 0.480 e. The summed E-state index contributed by atoms with van der Waals surface area (Å²) in [4.78, 5) is 33.2. The van der Waals surface area contributed by atoms with Crippen molar-refractivity contribution in [1.29, 1.82) is 0 Å². The van der Waals surface area contributed by atoms with Crippen LogP contribution >= 0.6 is 7.82 Å². The van der Waals surface area contributed by atoms with Crippen LogP contribution in [0.3, 0.4) is 0 Å². The van der Waals surface area contributed by atoms with E-state index in [0.717, 1.165) is 83.5 Å². The van der Waals surface area contributed by atoms with Crippen LogP contribution in [-0.2, 0) is 32.7 Å². The molecule has 3 atom stereocenters. The SMILES string of the molecule is CC/C=C\C/C=C\C/C=C\C/C=C\C/C=C\C/C=C\CCCCCOCC(COP(=O)(O)OCC(N)C(=O)O)OC(=O)CCCCCCCCC. The quantitative estimate of drug-likeness (QED) is 0.0248. The standard InChI is InChI=1S/C40H68NO9P/c1-3-5-7-9-11-12-13-14-15-16-17-18-19-20-21-22-23-24-25-27-29-31-33-47-34-37(35-48-51(45,46)49-36-38(41)40(43)44)50-39(42)32-30-28-26-10-8-6-4-2/h5,7,11-12,14-15,17-18,20-21,23-24,37-38H,3-4,6,8-10,13,16,19,22,25-36,41H2,1-2H3,(H,43,44)(H,45,46)/b7-5-,12-11-,15-14-,18-17-,21-20-,24-23-. The Bertz CT molecular complexity index is 1080. The molecule has 0 spiro atoms. The number of carbonyl (C=O) groups excluding carboxylic acids is 1. The molecule has 0 aliphatic carbocycles. The first-order valence-electron chi connectivity index (χ1n) is 19.0. The van der Waals surface area contributed by atoms with Gasteiger partial charge in [-0.05, 0) is 64.2 Å². The zero-order valence-corrected chi connectivity index (χ0v) is 32.3. The number of hydrogen-bond donors (Lipinski definition) is 3. The van der Waals surface area contributed by atoms with Crippen molar-refractivity contribution in [2.45, 2.75) is 142 Å². The average Bonchev–Trinajstić information content (AvgIpc) is 3.10. The van der Waals surface area contributed by atoms with E-state index in [0.29, 0.717) is 13.0 Å². The number of phosphoric ester groups is 1. The highest BCUT2D eigenvalue weighted by Crippen LogP contribution is 2.43. The lowest BCUT2D eigenvalue weighted by Crippen LogP contribution is -2.34. The van der Waals surface area contributed by atoms with Gasteiger partial charge in [-0.15, -0.1) is 0 Å². The number of nitrogens with two attached hydrogens (primary N) is 1. The molecule has 0 aliphatic heterocycles. The number of rotatable bonds is 35. The molecule has 11 heteroatoms. The molecule has 0 heterocycles. The molecule has 0 aromatic heterocycles. The van der Waals surface area contributed by atoms with Gasteiger partial charge < -0.3 is 25.2 Å². The number of carboxylic acids is 1. The first-order valence-corrected chi connectivity index (χ1v) is 20.5. The summed E-state index contributed by atoms with van der Waals surface area (Å²) in [5.74, 6) is -1.81. The van der Waals surface area contributed by atoms with Crippen LogP contribution in [0.1, 0.15) is 129 Å². The number of phosphoric acid groups is 1. The Morgan fingerprint density at radius 1 is 0.647 bits per heavy atom. The maximum atomic E-state index is 12.4. The van der Waals surface area contributed by atoms with Crippen LogP contribution in [0, 0.1) is 0 Å². The summed E-state index contributed by atoms with van der Waals surface area (Å²) in [6.07, 6.45) is 42.7. The molecule has 51 heavy (non-hydrogen) atoms. The number of carboxylic acid groups (broad SMARTS) is 1. The van der Waals surface area contributed by atoms with Crippen molar-refractivity contribution < 1.29 is 42.7 Å². The molecule has 0 amide bonds. The Balaban J connectivity index is 4.26. The zero-order valence-electron chi connectivity index (χ0n) is 31.4. The number of ether oxygens (including phenoxy) is 2. The minimum Gasteiger partial charge on any atom is -0.480 e. The number of carbonyl (C=O) groups is 2. The summed E-state index contributed by atoms with van der Waals surface area (Å²) < 4.78 is 33.0. The molecule has 0 saturated heterocycles. The van der Waals surface area contributed by atoms with E-state index in [9.17, 15) is 19.0 Å². The highest BCUT2D eigenvalue weighted by molar-refractivity contribution is 7.47. The van der Waals surface area contributed by atoms with Crippen molar-refractivity contribution in [2.24, 2.45) is 5.73 Å². The third kappa shape index (κ3) is 35.6. The molecule has 0 rings (SSSR count). The van der Waals surface area contributed by atoms with Gasteiger partial charge in [0.15, 0.2) is 0 Å². The van der Waals surface area contributed by atoms with Gasteiger partial charge in [-0.1, -0.05) is 132 Å². The van der Waals surface area contributed by atoms with E-state index in [2.05, 4.69) is 91.3 Å². The number of unbranched alkanes of at least 4 members (excludes halogenated alkanes) is 9. The van der Waals surface area contributed by atoms with E-state index < -0.39 is 45.1 Å². The zero-order chi connectivity index (χ0) is 37.7. The molecule has 0 saturated carbocycles. The Labute approximate surface area is 308 Å². The molecule has 0 fully saturated rings. The van der Waals surface area contributed by atoms with Crippen molar-refractivity contribution in [2.75, 3.05) is 26.4 Å². The lowest BCUT2D eigenvalue weighted by molar-refractivity contribution is -0.154. The van der Waals surface area contributed by atoms with Gasteiger partial charge in [0.1, 0.15) is 12.1 Å². The van der Waals surface area contributed by atoms with Crippen LogP contribution in [-0.4, -0.2) is 60.5 Å². The minimum absolute atomic E-state index is 0.00938. The van der Waals surface area contributed by atoms with Crippen LogP contribution in [0.25, 0.3) is 0 Å². The van der Waals surface area contributed by atoms with Gasteiger partial charge in [-0.2, -0.15) is 0 Å².